The van der Waals surface area contributed by atoms with E-state index in [2.05, 4.69) is 10.6 Å². The molecule has 0 amide bonds. The summed E-state index contributed by atoms with van der Waals surface area (Å²) in [6.07, 6.45) is 0. The van der Waals surface area contributed by atoms with Crippen molar-refractivity contribution in [3.8, 4) is 0 Å². The summed E-state index contributed by atoms with van der Waals surface area (Å²) in [5.74, 6) is 0. The van der Waals surface area contributed by atoms with Gasteiger partial charge in [-0.15, -0.1) is 0 Å². The summed E-state index contributed by atoms with van der Waals surface area (Å²) < 4.78 is 0. The normalized spacial score (nSPS) is 7.64. The minimum atomic E-state index is 0. The van der Waals surface area contributed by atoms with Crippen molar-refractivity contribution in [2.45, 2.75) is 0 Å². The fourth-order valence-electron chi connectivity index (χ4n) is 0.224. The molecule has 0 atom stereocenters. The molecule has 0 fully saturated rings. The summed E-state index contributed by atoms with van der Waals surface area (Å²) in [7, 11) is 3.60. The maximum Gasteiger partial charge on any atom is 0.0555 e. The van der Waals surface area contributed by atoms with Crippen LogP contribution in [0, 0.1) is 0 Å². The number of hydrogen-bond donors (Lipinski definition) is 4. The molecule has 0 radical (unpaired) electrons. The molecule has 0 unspecified atom stereocenters. The van der Waals surface area contributed by atoms with Gasteiger partial charge in [0.15, 0.2) is 0 Å². The van der Waals surface area contributed by atoms with Crippen molar-refractivity contribution in [1.29, 1.82) is 0 Å². The van der Waals surface area contributed by atoms with Gasteiger partial charge in [0, 0.05) is 34.8 Å². The first-order valence-electron chi connectivity index (χ1n) is 3.34. The second-order valence-corrected chi connectivity index (χ2v) is 1.65. The standard InChI is InChI=1S/2C3H9NO.Ti/c2*1-4-2-3-5;/h2*4-5H,2-3H2,1H3;. The molecule has 0 aromatic rings. The van der Waals surface area contributed by atoms with Crippen LogP contribution in [-0.4, -0.2) is 50.6 Å². The van der Waals surface area contributed by atoms with E-state index in [1.807, 2.05) is 0 Å². The molecule has 0 heterocycles. The number of rotatable bonds is 4. The Morgan fingerprint density at radius 2 is 1.18 bits per heavy atom. The number of hydrogen-bond acceptors (Lipinski definition) is 4. The Morgan fingerprint density at radius 1 is 0.909 bits per heavy atom. The van der Waals surface area contributed by atoms with Gasteiger partial charge in [0.25, 0.3) is 0 Å². The van der Waals surface area contributed by atoms with Crippen molar-refractivity contribution in [2.75, 3.05) is 40.4 Å². The molecular weight excluding hydrogens is 180 g/mol. The smallest absolute Gasteiger partial charge is 0.0555 e. The fourth-order valence-corrected chi connectivity index (χ4v) is 0.224. The molecule has 11 heavy (non-hydrogen) atoms. The van der Waals surface area contributed by atoms with E-state index in [-0.39, 0.29) is 34.9 Å². The van der Waals surface area contributed by atoms with Crippen molar-refractivity contribution in [2.24, 2.45) is 0 Å². The van der Waals surface area contributed by atoms with Gasteiger partial charge < -0.3 is 20.8 Å². The zero-order chi connectivity index (χ0) is 8.24. The monoisotopic (exact) mass is 198 g/mol. The van der Waals surface area contributed by atoms with E-state index >= 15 is 0 Å². The SMILES string of the molecule is CNCCO.CNCCO.[Ti]. The summed E-state index contributed by atoms with van der Waals surface area (Å²) >= 11 is 0. The van der Waals surface area contributed by atoms with E-state index in [0.717, 1.165) is 0 Å². The van der Waals surface area contributed by atoms with Gasteiger partial charge in [-0.05, 0) is 14.1 Å². The average molecular weight is 198 g/mol. The molecule has 5 heteroatoms. The predicted octanol–water partition coefficient (Wildman–Crippen LogP) is -1.61. The Balaban J connectivity index is -0.000000107. The van der Waals surface area contributed by atoms with Crippen molar-refractivity contribution >= 4 is 0 Å². The summed E-state index contributed by atoms with van der Waals surface area (Å²) in [4.78, 5) is 0. The Labute approximate surface area is 83.3 Å². The second kappa shape index (κ2) is 22.4. The first-order chi connectivity index (χ1) is 4.83. The van der Waals surface area contributed by atoms with Crippen LogP contribution in [0.1, 0.15) is 0 Å². The predicted molar refractivity (Wildman–Crippen MR) is 42.0 cm³/mol. The zero-order valence-electron chi connectivity index (χ0n) is 7.22. The summed E-state index contributed by atoms with van der Waals surface area (Å²) in [6.45, 7) is 1.85. The molecule has 4 nitrogen and oxygen atoms in total. The van der Waals surface area contributed by atoms with Crippen molar-refractivity contribution in [3.63, 3.8) is 0 Å². The number of likely N-dealkylation sites (N-methyl/N-ethyl adjacent to an activating group) is 2. The molecule has 0 saturated heterocycles. The maximum absolute atomic E-state index is 8.00. The van der Waals surface area contributed by atoms with Gasteiger partial charge in [-0.25, -0.2) is 0 Å². The molecule has 0 aliphatic carbocycles. The van der Waals surface area contributed by atoms with Crippen LogP contribution in [0.2, 0.25) is 0 Å². The van der Waals surface area contributed by atoms with Crippen LogP contribution in [0.15, 0.2) is 0 Å². The van der Waals surface area contributed by atoms with Crippen LogP contribution in [0.3, 0.4) is 0 Å². The molecule has 0 bridgehead atoms. The van der Waals surface area contributed by atoms with Gasteiger partial charge in [-0.3, -0.25) is 0 Å². The molecule has 0 saturated carbocycles. The molecule has 0 aliphatic rings. The molecule has 0 rings (SSSR count). The number of aliphatic hydroxyl groups excluding tert-OH is 2. The van der Waals surface area contributed by atoms with Crippen LogP contribution < -0.4 is 10.6 Å². The minimum absolute atomic E-state index is 0. The zero-order valence-corrected chi connectivity index (χ0v) is 8.78. The largest absolute Gasteiger partial charge is 0.395 e. The molecule has 0 spiro atoms. The summed E-state index contributed by atoms with van der Waals surface area (Å²) in [5.41, 5.74) is 0. The molecular formula is C6H18N2O2Ti. The number of aliphatic hydroxyl groups is 2. The van der Waals surface area contributed by atoms with E-state index < -0.39 is 0 Å². The van der Waals surface area contributed by atoms with Crippen molar-refractivity contribution in [1.82, 2.24) is 10.6 Å². The van der Waals surface area contributed by atoms with Gasteiger partial charge >= 0.3 is 0 Å². The Bertz CT molecular complexity index is 39.6. The van der Waals surface area contributed by atoms with Crippen LogP contribution in [0.4, 0.5) is 0 Å². The third kappa shape index (κ3) is 37.2. The van der Waals surface area contributed by atoms with Crippen LogP contribution in [0.25, 0.3) is 0 Å². The van der Waals surface area contributed by atoms with E-state index in [4.69, 9.17) is 10.2 Å². The van der Waals surface area contributed by atoms with E-state index in [9.17, 15) is 0 Å². The Morgan fingerprint density at radius 3 is 1.18 bits per heavy atom. The fraction of sp³-hybridized carbons (Fsp3) is 1.00. The third-order valence-electron chi connectivity index (χ3n) is 0.724. The molecule has 0 aromatic heterocycles. The summed E-state index contributed by atoms with van der Waals surface area (Å²) in [5, 5.41) is 21.5. The van der Waals surface area contributed by atoms with Crippen LogP contribution >= 0.6 is 0 Å². The van der Waals surface area contributed by atoms with Gasteiger partial charge in [0.2, 0.25) is 0 Å². The second-order valence-electron chi connectivity index (χ2n) is 1.65. The molecule has 0 aromatic carbocycles. The minimum Gasteiger partial charge on any atom is -0.395 e. The van der Waals surface area contributed by atoms with Gasteiger partial charge in [-0.2, -0.15) is 0 Å². The Kier molecular flexibility index (Phi) is 35.9. The average Bonchev–Trinajstić information content (AvgIpc) is 1.93. The molecule has 0 aliphatic heterocycles. The van der Waals surface area contributed by atoms with E-state index in [0.29, 0.717) is 13.1 Å². The topological polar surface area (TPSA) is 64.5 Å². The summed E-state index contributed by atoms with van der Waals surface area (Å²) in [6, 6.07) is 0. The maximum atomic E-state index is 8.00. The van der Waals surface area contributed by atoms with Crippen molar-refractivity contribution in [3.05, 3.63) is 0 Å². The van der Waals surface area contributed by atoms with Gasteiger partial charge in [-0.1, -0.05) is 0 Å². The molecule has 68 valence electrons. The Hall–Kier alpha value is 0.554. The van der Waals surface area contributed by atoms with Crippen LogP contribution in [0.5, 0.6) is 0 Å². The molecule has 4 N–H and O–H groups in total. The van der Waals surface area contributed by atoms with E-state index in [1.165, 1.54) is 0 Å². The van der Waals surface area contributed by atoms with Gasteiger partial charge in [0.05, 0.1) is 13.2 Å². The van der Waals surface area contributed by atoms with Crippen LogP contribution in [-0.2, 0) is 21.7 Å². The van der Waals surface area contributed by atoms with E-state index in [1.54, 1.807) is 14.1 Å². The third-order valence-corrected chi connectivity index (χ3v) is 0.724. The van der Waals surface area contributed by atoms with Crippen molar-refractivity contribution < 1.29 is 31.9 Å². The first-order valence-corrected chi connectivity index (χ1v) is 3.34. The quantitative estimate of drug-likeness (QED) is 0.410. The first kappa shape index (κ1) is 17.6. The number of nitrogens with one attached hydrogen (secondary N) is 2. The van der Waals surface area contributed by atoms with Gasteiger partial charge in [0.1, 0.15) is 0 Å².